The van der Waals surface area contributed by atoms with E-state index in [0.717, 1.165) is 43.1 Å². The lowest BCUT2D eigenvalue weighted by molar-refractivity contribution is -0.129. The van der Waals surface area contributed by atoms with Gasteiger partial charge in [-0.1, -0.05) is 6.07 Å². The fourth-order valence-electron chi connectivity index (χ4n) is 3.01. The summed E-state index contributed by atoms with van der Waals surface area (Å²) in [5, 5.41) is 5.93. The molecule has 3 rings (SSSR count). The number of anilines is 2. The zero-order valence-electron chi connectivity index (χ0n) is 12.3. The van der Waals surface area contributed by atoms with Gasteiger partial charge in [-0.2, -0.15) is 0 Å². The van der Waals surface area contributed by atoms with E-state index in [1.807, 2.05) is 23.1 Å². The Morgan fingerprint density at radius 3 is 2.62 bits per heavy atom. The average Bonchev–Trinajstić information content (AvgIpc) is 2.81. The van der Waals surface area contributed by atoms with Crippen molar-refractivity contribution in [2.75, 3.05) is 43.4 Å². The van der Waals surface area contributed by atoms with Gasteiger partial charge in [-0.3, -0.25) is 9.59 Å². The van der Waals surface area contributed by atoms with Crippen LogP contribution in [0.15, 0.2) is 18.2 Å². The summed E-state index contributed by atoms with van der Waals surface area (Å²) in [6, 6.07) is 5.81. The molecular formula is C15H20N4O2. The lowest BCUT2D eigenvalue weighted by Gasteiger charge is -2.35. The van der Waals surface area contributed by atoms with E-state index < -0.39 is 0 Å². The van der Waals surface area contributed by atoms with Gasteiger partial charge in [-0.15, -0.1) is 0 Å². The molecule has 0 aromatic heterocycles. The van der Waals surface area contributed by atoms with Crippen LogP contribution in [-0.4, -0.2) is 49.9 Å². The molecule has 2 heterocycles. The molecule has 21 heavy (non-hydrogen) atoms. The van der Waals surface area contributed by atoms with Crippen LogP contribution < -0.4 is 15.5 Å². The van der Waals surface area contributed by atoms with Gasteiger partial charge >= 0.3 is 0 Å². The normalized spacial score (nSPS) is 21.2. The van der Waals surface area contributed by atoms with Crippen LogP contribution >= 0.6 is 0 Å². The van der Waals surface area contributed by atoms with E-state index in [9.17, 15) is 9.59 Å². The molecule has 1 atom stereocenters. The lowest BCUT2D eigenvalue weighted by Crippen LogP contribution is -2.48. The Labute approximate surface area is 124 Å². The Bertz CT molecular complexity index is 579. The van der Waals surface area contributed by atoms with Gasteiger partial charge in [0.2, 0.25) is 11.8 Å². The van der Waals surface area contributed by atoms with Crippen molar-refractivity contribution >= 4 is 23.2 Å². The Balaban J connectivity index is 1.76. The van der Waals surface area contributed by atoms with Gasteiger partial charge in [0.25, 0.3) is 0 Å². The summed E-state index contributed by atoms with van der Waals surface area (Å²) < 4.78 is 0. The monoisotopic (exact) mass is 288 g/mol. The van der Waals surface area contributed by atoms with E-state index in [1.165, 1.54) is 0 Å². The molecule has 6 heteroatoms. The number of piperazine rings is 1. The summed E-state index contributed by atoms with van der Waals surface area (Å²) in [4.78, 5) is 27.3. The molecule has 0 radical (unpaired) electrons. The molecule has 112 valence electrons. The summed E-state index contributed by atoms with van der Waals surface area (Å²) in [7, 11) is 1.79. The highest BCUT2D eigenvalue weighted by Crippen LogP contribution is 2.34. The quantitative estimate of drug-likeness (QED) is 0.835. The summed E-state index contributed by atoms with van der Waals surface area (Å²) >= 11 is 0. The maximum Gasteiger partial charge on any atom is 0.246 e. The number of amides is 2. The first-order valence-electron chi connectivity index (χ1n) is 7.22. The Kier molecular flexibility index (Phi) is 3.55. The first kappa shape index (κ1) is 13.9. The Morgan fingerprint density at radius 1 is 1.29 bits per heavy atom. The highest BCUT2D eigenvalue weighted by atomic mass is 16.2. The number of carbonyl (C=O) groups excluding carboxylic acids is 2. The minimum atomic E-state index is -0.261. The van der Waals surface area contributed by atoms with Crippen molar-refractivity contribution < 1.29 is 9.59 Å². The van der Waals surface area contributed by atoms with Crippen molar-refractivity contribution in [2.45, 2.75) is 13.0 Å². The van der Waals surface area contributed by atoms with Crippen molar-refractivity contribution in [3.05, 3.63) is 23.8 Å². The number of fused-ring (bicyclic) bond motifs is 1. The zero-order chi connectivity index (χ0) is 15.0. The van der Waals surface area contributed by atoms with E-state index in [2.05, 4.69) is 15.5 Å². The Hall–Kier alpha value is -2.08. The molecule has 0 bridgehead atoms. The molecule has 1 saturated heterocycles. The van der Waals surface area contributed by atoms with Crippen LogP contribution in [0.5, 0.6) is 0 Å². The van der Waals surface area contributed by atoms with E-state index >= 15 is 0 Å². The summed E-state index contributed by atoms with van der Waals surface area (Å²) in [5.74, 6) is 0.124. The molecule has 0 saturated carbocycles. The Morgan fingerprint density at radius 2 is 2.00 bits per heavy atom. The van der Waals surface area contributed by atoms with Crippen molar-refractivity contribution in [1.29, 1.82) is 0 Å². The molecule has 6 nitrogen and oxygen atoms in total. The third-order valence-electron chi connectivity index (χ3n) is 4.25. The van der Waals surface area contributed by atoms with Crippen LogP contribution in [0.4, 0.5) is 11.4 Å². The number of hydrogen-bond donors (Lipinski definition) is 2. The van der Waals surface area contributed by atoms with Gasteiger partial charge in [0.05, 0.1) is 0 Å². The third kappa shape index (κ3) is 2.47. The van der Waals surface area contributed by atoms with E-state index in [1.54, 1.807) is 14.0 Å². The SMILES string of the molecule is CNC1C(=O)Nc2cc(N3CCN(C(C)=O)CC3)ccc21. The van der Waals surface area contributed by atoms with Crippen LogP contribution in [0.1, 0.15) is 18.5 Å². The second-order valence-corrected chi connectivity index (χ2v) is 5.48. The topological polar surface area (TPSA) is 64.7 Å². The number of nitrogens with zero attached hydrogens (tertiary/aromatic N) is 2. The molecule has 2 aliphatic rings. The van der Waals surface area contributed by atoms with E-state index in [4.69, 9.17) is 0 Å². The van der Waals surface area contributed by atoms with Gasteiger partial charge in [0.15, 0.2) is 0 Å². The second-order valence-electron chi connectivity index (χ2n) is 5.48. The van der Waals surface area contributed by atoms with Crippen LogP contribution in [0.25, 0.3) is 0 Å². The standard InChI is InChI=1S/C15H20N4O2/c1-10(20)18-5-7-19(8-6-18)11-3-4-12-13(9-11)17-15(21)14(12)16-2/h3-4,9,14,16H,5-8H2,1-2H3,(H,17,21). The van der Waals surface area contributed by atoms with Crippen LogP contribution in [0, 0.1) is 0 Å². The fourth-order valence-corrected chi connectivity index (χ4v) is 3.01. The fraction of sp³-hybridized carbons (Fsp3) is 0.467. The molecule has 1 aromatic carbocycles. The highest BCUT2D eigenvalue weighted by molar-refractivity contribution is 6.03. The maximum atomic E-state index is 11.8. The molecule has 2 aliphatic heterocycles. The molecule has 2 amide bonds. The molecule has 1 aromatic rings. The van der Waals surface area contributed by atoms with Gasteiger partial charge in [0.1, 0.15) is 6.04 Å². The highest BCUT2D eigenvalue weighted by Gasteiger charge is 2.29. The van der Waals surface area contributed by atoms with Crippen molar-refractivity contribution in [3.8, 4) is 0 Å². The zero-order valence-corrected chi connectivity index (χ0v) is 12.3. The largest absolute Gasteiger partial charge is 0.368 e. The van der Waals surface area contributed by atoms with Gasteiger partial charge in [-0.05, 0) is 19.2 Å². The van der Waals surface area contributed by atoms with E-state index in [0.29, 0.717) is 0 Å². The summed E-state index contributed by atoms with van der Waals surface area (Å²) in [6.07, 6.45) is 0. The molecule has 1 unspecified atom stereocenters. The number of likely N-dealkylation sites (N-methyl/N-ethyl adjacent to an activating group) is 1. The average molecular weight is 288 g/mol. The van der Waals surface area contributed by atoms with Crippen molar-refractivity contribution in [3.63, 3.8) is 0 Å². The molecule has 0 spiro atoms. The maximum absolute atomic E-state index is 11.8. The minimum Gasteiger partial charge on any atom is -0.368 e. The molecule has 0 aliphatic carbocycles. The van der Waals surface area contributed by atoms with Crippen molar-refractivity contribution in [2.24, 2.45) is 0 Å². The first-order chi connectivity index (χ1) is 10.1. The molecule has 1 fully saturated rings. The predicted octanol–water partition coefficient (Wildman–Crippen LogP) is 0.568. The third-order valence-corrected chi connectivity index (χ3v) is 4.25. The second kappa shape index (κ2) is 5.37. The van der Waals surface area contributed by atoms with E-state index in [-0.39, 0.29) is 17.9 Å². The number of carbonyl (C=O) groups is 2. The smallest absolute Gasteiger partial charge is 0.246 e. The lowest BCUT2D eigenvalue weighted by atomic mass is 10.1. The van der Waals surface area contributed by atoms with Gasteiger partial charge < -0.3 is 20.4 Å². The summed E-state index contributed by atoms with van der Waals surface area (Å²) in [6.45, 7) is 4.75. The number of benzene rings is 1. The molecule has 2 N–H and O–H groups in total. The van der Waals surface area contributed by atoms with Crippen LogP contribution in [0.3, 0.4) is 0 Å². The first-order valence-corrected chi connectivity index (χ1v) is 7.22. The predicted molar refractivity (Wildman–Crippen MR) is 81.3 cm³/mol. The van der Waals surface area contributed by atoms with Crippen LogP contribution in [-0.2, 0) is 9.59 Å². The van der Waals surface area contributed by atoms with Gasteiger partial charge in [0, 0.05) is 50.0 Å². The number of hydrogen-bond acceptors (Lipinski definition) is 4. The number of nitrogens with one attached hydrogen (secondary N) is 2. The minimum absolute atomic E-state index is 0.00829. The summed E-state index contributed by atoms with van der Waals surface area (Å²) in [5.41, 5.74) is 2.97. The van der Waals surface area contributed by atoms with Crippen LogP contribution in [0.2, 0.25) is 0 Å². The number of rotatable bonds is 2. The van der Waals surface area contributed by atoms with Crippen molar-refractivity contribution in [1.82, 2.24) is 10.2 Å². The molecular weight excluding hydrogens is 268 g/mol. The van der Waals surface area contributed by atoms with Gasteiger partial charge in [-0.25, -0.2) is 0 Å².